The first-order chi connectivity index (χ1) is 14.3. The third-order valence-corrected chi connectivity index (χ3v) is 6.83. The number of aryl methyl sites for hydroxylation is 1. The summed E-state index contributed by atoms with van der Waals surface area (Å²) in [5.74, 6) is 1.56. The molecule has 1 aliphatic heterocycles. The Hall–Kier alpha value is -1.95. The molecule has 0 bridgehead atoms. The molecular formula is C23H36ClN5O. The third-order valence-electron chi connectivity index (χ3n) is 6.59. The number of nitrogens with zero attached hydrogens (tertiary/aromatic N) is 3. The van der Waals surface area contributed by atoms with Crippen LogP contribution in [0.5, 0.6) is 0 Å². The standard InChI is InChI=1S/C23H36ClN5O/c1-17-7-8-19(24)13-20(17)29-12-9-18(15-29)14-26-22(25-2)27-16-23(10-5-6-11-23)21(30)28(3)4/h7-8,13,18H,5-6,9-12,14-16H2,1-4H3,(H2,25,26,27). The Morgan fingerprint density at radius 2 is 2.03 bits per heavy atom. The molecule has 0 spiro atoms. The van der Waals surface area contributed by atoms with Gasteiger partial charge in [-0.05, 0) is 49.8 Å². The van der Waals surface area contributed by atoms with Crippen LogP contribution in [0.15, 0.2) is 23.2 Å². The van der Waals surface area contributed by atoms with Gasteiger partial charge in [-0.3, -0.25) is 9.79 Å². The maximum absolute atomic E-state index is 12.8. The van der Waals surface area contributed by atoms with Gasteiger partial charge in [-0.15, -0.1) is 0 Å². The predicted molar refractivity (Wildman–Crippen MR) is 125 cm³/mol. The Labute approximate surface area is 186 Å². The third kappa shape index (κ3) is 5.20. The van der Waals surface area contributed by atoms with Crippen LogP contribution in [-0.2, 0) is 4.79 Å². The zero-order valence-electron chi connectivity index (χ0n) is 18.8. The molecule has 0 radical (unpaired) electrons. The van der Waals surface area contributed by atoms with Crippen LogP contribution in [-0.4, -0.2) is 64.1 Å². The van der Waals surface area contributed by atoms with Crippen molar-refractivity contribution in [2.24, 2.45) is 16.3 Å². The summed E-state index contributed by atoms with van der Waals surface area (Å²) in [6.07, 6.45) is 5.27. The summed E-state index contributed by atoms with van der Waals surface area (Å²) in [4.78, 5) is 21.3. The van der Waals surface area contributed by atoms with Gasteiger partial charge in [0.1, 0.15) is 0 Å². The van der Waals surface area contributed by atoms with E-state index in [1.807, 2.05) is 20.2 Å². The number of nitrogens with one attached hydrogen (secondary N) is 2. The Bertz CT molecular complexity index is 773. The summed E-state index contributed by atoms with van der Waals surface area (Å²) in [5, 5.41) is 7.70. The Balaban J connectivity index is 1.51. The van der Waals surface area contributed by atoms with Gasteiger partial charge in [0.25, 0.3) is 0 Å². The lowest BCUT2D eigenvalue weighted by Gasteiger charge is -2.31. The van der Waals surface area contributed by atoms with Crippen molar-refractivity contribution in [2.45, 2.75) is 39.0 Å². The molecule has 1 atom stereocenters. The van der Waals surface area contributed by atoms with Crippen molar-refractivity contribution in [1.29, 1.82) is 0 Å². The highest BCUT2D eigenvalue weighted by Crippen LogP contribution is 2.39. The zero-order valence-corrected chi connectivity index (χ0v) is 19.6. The molecule has 30 heavy (non-hydrogen) atoms. The summed E-state index contributed by atoms with van der Waals surface area (Å²) >= 11 is 6.20. The Morgan fingerprint density at radius 1 is 1.30 bits per heavy atom. The molecule has 2 aliphatic rings. The highest BCUT2D eigenvalue weighted by molar-refractivity contribution is 6.30. The number of benzene rings is 1. The summed E-state index contributed by atoms with van der Waals surface area (Å²) in [5.41, 5.74) is 2.20. The van der Waals surface area contributed by atoms with E-state index in [4.69, 9.17) is 11.6 Å². The minimum absolute atomic E-state index is 0.228. The molecule has 3 rings (SSSR count). The number of guanidine groups is 1. The summed E-state index contributed by atoms with van der Waals surface area (Å²) in [7, 11) is 5.49. The maximum Gasteiger partial charge on any atom is 0.230 e. The van der Waals surface area contributed by atoms with E-state index in [9.17, 15) is 4.79 Å². The fraction of sp³-hybridized carbons (Fsp3) is 0.652. The fourth-order valence-corrected chi connectivity index (χ4v) is 5.01. The monoisotopic (exact) mass is 433 g/mol. The number of hydrogen-bond donors (Lipinski definition) is 2. The van der Waals surface area contributed by atoms with E-state index in [0.29, 0.717) is 12.5 Å². The SMILES string of the molecule is CN=C(NCC1CCN(c2cc(Cl)ccc2C)C1)NCC1(C(=O)N(C)C)CCCC1. The van der Waals surface area contributed by atoms with E-state index in [-0.39, 0.29) is 11.3 Å². The number of aliphatic imine (C=N–C) groups is 1. The van der Waals surface area contributed by atoms with Gasteiger partial charge in [-0.1, -0.05) is 30.5 Å². The van der Waals surface area contributed by atoms with E-state index in [2.05, 4.69) is 39.6 Å². The van der Waals surface area contributed by atoms with Crippen molar-refractivity contribution in [3.8, 4) is 0 Å². The molecule has 1 saturated heterocycles. The largest absolute Gasteiger partial charge is 0.371 e. The first-order valence-corrected chi connectivity index (χ1v) is 11.4. The molecule has 166 valence electrons. The summed E-state index contributed by atoms with van der Waals surface area (Å²) in [6, 6.07) is 6.10. The molecule has 1 unspecified atom stereocenters. The molecule has 1 heterocycles. The Kier molecular flexibility index (Phi) is 7.50. The van der Waals surface area contributed by atoms with Gasteiger partial charge in [0.15, 0.2) is 5.96 Å². The number of halogens is 1. The molecule has 1 aromatic carbocycles. The molecule has 7 heteroatoms. The number of amides is 1. The van der Waals surface area contributed by atoms with Crippen LogP contribution in [0, 0.1) is 18.3 Å². The second kappa shape index (κ2) is 9.90. The normalized spacial score (nSPS) is 21.0. The molecule has 1 amide bonds. The van der Waals surface area contributed by atoms with Crippen LogP contribution in [0.4, 0.5) is 5.69 Å². The number of carbonyl (C=O) groups is 1. The van der Waals surface area contributed by atoms with Gasteiger partial charge in [0.2, 0.25) is 5.91 Å². The fourth-order valence-electron chi connectivity index (χ4n) is 4.85. The van der Waals surface area contributed by atoms with E-state index in [0.717, 1.165) is 62.7 Å². The molecule has 2 N–H and O–H groups in total. The lowest BCUT2D eigenvalue weighted by molar-refractivity contribution is -0.138. The van der Waals surface area contributed by atoms with E-state index in [1.165, 1.54) is 11.3 Å². The van der Waals surface area contributed by atoms with Crippen LogP contribution in [0.3, 0.4) is 0 Å². The van der Waals surface area contributed by atoms with E-state index < -0.39 is 0 Å². The number of rotatable bonds is 6. The average Bonchev–Trinajstić information content (AvgIpc) is 3.39. The number of carbonyl (C=O) groups excluding carboxylic acids is 1. The van der Waals surface area contributed by atoms with Crippen LogP contribution >= 0.6 is 11.6 Å². The highest BCUT2D eigenvalue weighted by atomic mass is 35.5. The lowest BCUT2D eigenvalue weighted by Crippen LogP contribution is -2.49. The quantitative estimate of drug-likeness (QED) is 0.534. The number of anilines is 1. The summed E-state index contributed by atoms with van der Waals surface area (Å²) in [6.45, 7) is 5.69. The van der Waals surface area contributed by atoms with Gasteiger partial charge >= 0.3 is 0 Å². The van der Waals surface area contributed by atoms with Gasteiger partial charge in [0, 0.05) is 58.0 Å². The van der Waals surface area contributed by atoms with Crippen molar-refractivity contribution in [1.82, 2.24) is 15.5 Å². The van der Waals surface area contributed by atoms with Gasteiger partial charge < -0.3 is 20.4 Å². The van der Waals surface area contributed by atoms with Crippen LogP contribution in [0.25, 0.3) is 0 Å². The Morgan fingerprint density at radius 3 is 2.70 bits per heavy atom. The molecule has 2 fully saturated rings. The van der Waals surface area contributed by atoms with Crippen molar-refractivity contribution < 1.29 is 4.79 Å². The molecular weight excluding hydrogens is 398 g/mol. The molecule has 1 aromatic rings. The van der Waals surface area contributed by atoms with Crippen molar-refractivity contribution in [3.63, 3.8) is 0 Å². The number of hydrogen-bond acceptors (Lipinski definition) is 3. The second-order valence-electron chi connectivity index (χ2n) is 9.03. The van der Waals surface area contributed by atoms with Crippen LogP contribution in [0.1, 0.15) is 37.7 Å². The van der Waals surface area contributed by atoms with Crippen molar-refractivity contribution in [3.05, 3.63) is 28.8 Å². The molecule has 1 saturated carbocycles. The van der Waals surface area contributed by atoms with E-state index in [1.54, 1.807) is 11.9 Å². The second-order valence-corrected chi connectivity index (χ2v) is 9.46. The molecule has 6 nitrogen and oxygen atoms in total. The zero-order chi connectivity index (χ0) is 21.7. The predicted octanol–water partition coefficient (Wildman–Crippen LogP) is 3.29. The smallest absolute Gasteiger partial charge is 0.230 e. The lowest BCUT2D eigenvalue weighted by atomic mass is 9.84. The van der Waals surface area contributed by atoms with Crippen molar-refractivity contribution >= 4 is 29.2 Å². The van der Waals surface area contributed by atoms with Gasteiger partial charge in [0.05, 0.1) is 5.41 Å². The maximum atomic E-state index is 12.8. The topological polar surface area (TPSA) is 60.0 Å². The first-order valence-electron chi connectivity index (χ1n) is 11.0. The minimum atomic E-state index is -0.296. The van der Waals surface area contributed by atoms with E-state index >= 15 is 0 Å². The van der Waals surface area contributed by atoms with Gasteiger partial charge in [-0.2, -0.15) is 0 Å². The average molecular weight is 434 g/mol. The molecule has 1 aliphatic carbocycles. The highest BCUT2D eigenvalue weighted by Gasteiger charge is 2.42. The van der Waals surface area contributed by atoms with Gasteiger partial charge in [-0.25, -0.2) is 0 Å². The summed E-state index contributed by atoms with van der Waals surface area (Å²) < 4.78 is 0. The van der Waals surface area contributed by atoms with Crippen LogP contribution < -0.4 is 15.5 Å². The molecule has 0 aromatic heterocycles. The van der Waals surface area contributed by atoms with Crippen molar-refractivity contribution in [2.75, 3.05) is 52.2 Å². The van der Waals surface area contributed by atoms with Crippen LogP contribution in [0.2, 0.25) is 5.02 Å². The first kappa shape index (κ1) is 22.7. The minimum Gasteiger partial charge on any atom is -0.371 e.